The molecule has 0 fully saturated rings. The summed E-state index contributed by atoms with van der Waals surface area (Å²) in [6.45, 7) is 1.93. The minimum Gasteiger partial charge on any atom is -0.324 e. The number of anilines is 1. The lowest BCUT2D eigenvalue weighted by atomic mass is 10.2. The molecule has 0 radical (unpaired) electrons. The lowest BCUT2D eigenvalue weighted by Gasteiger charge is -2.16. The highest BCUT2D eigenvalue weighted by atomic mass is 35.5. The lowest BCUT2D eigenvalue weighted by molar-refractivity contribution is -0.115. The molecule has 0 bridgehead atoms. The molecule has 3 rings (SSSR count). The van der Waals surface area contributed by atoms with Crippen LogP contribution in [0.3, 0.4) is 0 Å². The number of pyridine rings is 1. The Hall–Kier alpha value is -1.74. The molecule has 134 valence electrons. The second-order valence-electron chi connectivity index (χ2n) is 6.04. The van der Waals surface area contributed by atoms with Gasteiger partial charge in [0.05, 0.1) is 21.5 Å². The molecular weight excluding hydrogens is 389 g/mol. The SMILES string of the molecule is CCC(Sc1nc2c(cc1C#N)CCC2)C(=O)Nc1cc(Cl)ccc1Cl. The van der Waals surface area contributed by atoms with Gasteiger partial charge in [0.25, 0.3) is 0 Å². The Balaban J connectivity index is 1.80. The van der Waals surface area contributed by atoms with Gasteiger partial charge >= 0.3 is 0 Å². The number of amides is 1. The van der Waals surface area contributed by atoms with Gasteiger partial charge < -0.3 is 5.32 Å². The number of nitriles is 1. The van der Waals surface area contributed by atoms with Gasteiger partial charge in [0.2, 0.25) is 5.91 Å². The highest BCUT2D eigenvalue weighted by molar-refractivity contribution is 8.00. The summed E-state index contributed by atoms with van der Waals surface area (Å²) in [6.07, 6.45) is 3.55. The van der Waals surface area contributed by atoms with E-state index in [0.29, 0.717) is 32.7 Å². The number of carbonyl (C=O) groups is 1. The van der Waals surface area contributed by atoms with Crippen LogP contribution in [0.25, 0.3) is 0 Å². The zero-order valence-electron chi connectivity index (χ0n) is 14.2. The number of benzene rings is 1. The normalized spacial score (nSPS) is 13.8. The Kier molecular flexibility index (Phi) is 6.08. The summed E-state index contributed by atoms with van der Waals surface area (Å²) in [5.74, 6) is -0.187. The number of thioether (sulfide) groups is 1. The predicted octanol–water partition coefficient (Wildman–Crippen LogP) is 5.26. The van der Waals surface area contributed by atoms with Crippen molar-refractivity contribution in [3.8, 4) is 6.07 Å². The first-order chi connectivity index (χ1) is 12.5. The molecule has 0 saturated carbocycles. The van der Waals surface area contributed by atoms with E-state index in [1.54, 1.807) is 18.2 Å². The van der Waals surface area contributed by atoms with Gasteiger partial charge in [0.1, 0.15) is 11.1 Å². The molecule has 0 saturated heterocycles. The van der Waals surface area contributed by atoms with Crippen LogP contribution in [0, 0.1) is 11.3 Å². The number of nitrogens with one attached hydrogen (secondary N) is 1. The fourth-order valence-electron chi connectivity index (χ4n) is 2.89. The van der Waals surface area contributed by atoms with E-state index in [4.69, 9.17) is 23.2 Å². The van der Waals surface area contributed by atoms with Crippen molar-refractivity contribution < 1.29 is 4.79 Å². The molecule has 1 amide bonds. The summed E-state index contributed by atoms with van der Waals surface area (Å²) in [6, 6.07) is 9.05. The van der Waals surface area contributed by atoms with E-state index in [2.05, 4.69) is 16.4 Å². The standard InChI is InChI=1S/C19H17Cl2N3OS/c1-2-17(18(25)23-16-9-13(20)6-7-14(16)21)26-19-12(10-22)8-11-4-3-5-15(11)24-19/h6-9,17H,2-5H2,1H3,(H,23,25). The molecule has 0 aliphatic heterocycles. The summed E-state index contributed by atoms with van der Waals surface area (Å²) >= 11 is 13.4. The second kappa shape index (κ2) is 8.30. The van der Waals surface area contributed by atoms with Crippen LogP contribution in [0.2, 0.25) is 10.0 Å². The summed E-state index contributed by atoms with van der Waals surface area (Å²) in [5.41, 5.74) is 3.20. The molecule has 1 aromatic heterocycles. The number of aromatic nitrogens is 1. The number of aryl methyl sites for hydroxylation is 2. The van der Waals surface area contributed by atoms with E-state index >= 15 is 0 Å². The molecule has 1 heterocycles. The first kappa shape index (κ1) is 19.0. The molecule has 1 aromatic carbocycles. The Morgan fingerprint density at radius 3 is 2.92 bits per heavy atom. The van der Waals surface area contributed by atoms with Crippen molar-refractivity contribution in [3.05, 3.63) is 51.1 Å². The number of nitrogens with zero attached hydrogens (tertiary/aromatic N) is 2. The van der Waals surface area contributed by atoms with E-state index in [0.717, 1.165) is 30.5 Å². The number of carbonyl (C=O) groups excluding carboxylic acids is 1. The summed E-state index contributed by atoms with van der Waals surface area (Å²) < 4.78 is 0. The Morgan fingerprint density at radius 1 is 1.38 bits per heavy atom. The number of hydrogen-bond acceptors (Lipinski definition) is 4. The van der Waals surface area contributed by atoms with Crippen molar-refractivity contribution >= 4 is 46.6 Å². The third-order valence-electron chi connectivity index (χ3n) is 4.24. The van der Waals surface area contributed by atoms with E-state index in [1.807, 2.05) is 13.0 Å². The smallest absolute Gasteiger partial charge is 0.237 e. The summed E-state index contributed by atoms with van der Waals surface area (Å²) in [5, 5.41) is 13.4. The third-order valence-corrected chi connectivity index (χ3v) is 6.17. The van der Waals surface area contributed by atoms with E-state index in [1.165, 1.54) is 11.8 Å². The molecule has 1 aliphatic rings. The summed E-state index contributed by atoms with van der Waals surface area (Å²) in [7, 11) is 0. The van der Waals surface area contributed by atoms with Gasteiger partial charge in [-0.25, -0.2) is 4.98 Å². The number of fused-ring (bicyclic) bond motifs is 1. The van der Waals surface area contributed by atoms with E-state index < -0.39 is 0 Å². The van der Waals surface area contributed by atoms with Crippen LogP contribution in [-0.2, 0) is 17.6 Å². The fourth-order valence-corrected chi connectivity index (χ4v) is 4.22. The van der Waals surface area contributed by atoms with Gasteiger partial charge in [0.15, 0.2) is 0 Å². The van der Waals surface area contributed by atoms with Crippen LogP contribution in [0.5, 0.6) is 0 Å². The van der Waals surface area contributed by atoms with Crippen LogP contribution in [0.15, 0.2) is 29.3 Å². The van der Waals surface area contributed by atoms with Crippen molar-refractivity contribution in [1.29, 1.82) is 5.26 Å². The fraction of sp³-hybridized carbons (Fsp3) is 0.316. The third kappa shape index (κ3) is 4.15. The Bertz CT molecular complexity index is 895. The highest BCUT2D eigenvalue weighted by Crippen LogP contribution is 2.32. The van der Waals surface area contributed by atoms with Crippen molar-refractivity contribution in [1.82, 2.24) is 4.98 Å². The van der Waals surface area contributed by atoms with Gasteiger partial charge in [-0.1, -0.05) is 41.9 Å². The van der Waals surface area contributed by atoms with Crippen LogP contribution in [0.1, 0.15) is 36.6 Å². The topological polar surface area (TPSA) is 65.8 Å². The van der Waals surface area contributed by atoms with Crippen molar-refractivity contribution in [2.75, 3.05) is 5.32 Å². The first-order valence-electron chi connectivity index (χ1n) is 8.37. The van der Waals surface area contributed by atoms with Crippen molar-refractivity contribution in [3.63, 3.8) is 0 Å². The molecule has 1 aliphatic carbocycles. The number of hydrogen-bond donors (Lipinski definition) is 1. The van der Waals surface area contributed by atoms with Crippen LogP contribution >= 0.6 is 35.0 Å². The van der Waals surface area contributed by atoms with E-state index in [-0.39, 0.29) is 11.2 Å². The average Bonchev–Trinajstić information content (AvgIpc) is 3.09. The van der Waals surface area contributed by atoms with Crippen LogP contribution in [0.4, 0.5) is 5.69 Å². The largest absolute Gasteiger partial charge is 0.324 e. The molecule has 1 N–H and O–H groups in total. The maximum absolute atomic E-state index is 12.7. The molecule has 0 spiro atoms. The zero-order chi connectivity index (χ0) is 18.7. The molecule has 1 atom stereocenters. The molecule has 1 unspecified atom stereocenters. The van der Waals surface area contributed by atoms with Gasteiger partial charge in [-0.05, 0) is 55.5 Å². The maximum Gasteiger partial charge on any atom is 0.237 e. The number of rotatable bonds is 5. The summed E-state index contributed by atoms with van der Waals surface area (Å²) in [4.78, 5) is 17.3. The molecule has 26 heavy (non-hydrogen) atoms. The second-order valence-corrected chi connectivity index (χ2v) is 8.08. The van der Waals surface area contributed by atoms with Crippen LogP contribution in [-0.4, -0.2) is 16.1 Å². The molecule has 7 heteroatoms. The van der Waals surface area contributed by atoms with Crippen molar-refractivity contribution in [2.45, 2.75) is 42.9 Å². The Labute approximate surface area is 166 Å². The monoisotopic (exact) mass is 405 g/mol. The minimum atomic E-state index is -0.385. The van der Waals surface area contributed by atoms with E-state index in [9.17, 15) is 10.1 Å². The zero-order valence-corrected chi connectivity index (χ0v) is 16.5. The van der Waals surface area contributed by atoms with Crippen LogP contribution < -0.4 is 5.32 Å². The predicted molar refractivity (Wildman–Crippen MR) is 106 cm³/mol. The van der Waals surface area contributed by atoms with Gasteiger partial charge in [-0.15, -0.1) is 0 Å². The quantitative estimate of drug-likeness (QED) is 0.688. The highest BCUT2D eigenvalue weighted by Gasteiger charge is 2.23. The molecule has 2 aromatic rings. The minimum absolute atomic E-state index is 0.187. The Morgan fingerprint density at radius 2 is 2.19 bits per heavy atom. The van der Waals surface area contributed by atoms with Gasteiger partial charge in [-0.2, -0.15) is 5.26 Å². The molecule has 4 nitrogen and oxygen atoms in total. The lowest BCUT2D eigenvalue weighted by Crippen LogP contribution is -2.25. The first-order valence-corrected chi connectivity index (χ1v) is 10.0. The van der Waals surface area contributed by atoms with Gasteiger partial charge in [-0.3, -0.25) is 4.79 Å². The number of halogens is 2. The van der Waals surface area contributed by atoms with Crippen molar-refractivity contribution in [2.24, 2.45) is 0 Å². The van der Waals surface area contributed by atoms with Gasteiger partial charge in [0, 0.05) is 10.7 Å². The average molecular weight is 406 g/mol. The molecular formula is C19H17Cl2N3OS. The maximum atomic E-state index is 12.7.